The fourth-order valence-electron chi connectivity index (χ4n) is 8.42. The molecule has 1 nitrogen and oxygen atoms in total. The first-order valence-corrected chi connectivity index (χ1v) is 11.0. The summed E-state index contributed by atoms with van der Waals surface area (Å²) < 4.78 is 0. The maximum Gasteiger partial charge on any atom is 0.0302 e. The van der Waals surface area contributed by atoms with Gasteiger partial charge in [0.2, 0.25) is 0 Å². The average Bonchev–Trinajstić information content (AvgIpc) is 2.99. The molecule has 1 heterocycles. The summed E-state index contributed by atoms with van der Waals surface area (Å²) in [7, 11) is 0. The molecule has 1 heteroatoms. The molecule has 0 aliphatic heterocycles. The van der Waals surface area contributed by atoms with Crippen LogP contribution < -0.4 is 0 Å². The van der Waals surface area contributed by atoms with Crippen LogP contribution >= 0.6 is 0 Å². The van der Waals surface area contributed by atoms with Crippen LogP contribution in [0.1, 0.15) is 89.5 Å². The van der Waals surface area contributed by atoms with Crippen molar-refractivity contribution in [3.63, 3.8) is 0 Å². The second-order valence-electron chi connectivity index (χ2n) is 10.4. The van der Waals surface area contributed by atoms with Gasteiger partial charge in [0.15, 0.2) is 0 Å². The van der Waals surface area contributed by atoms with Gasteiger partial charge in [0.05, 0.1) is 0 Å². The lowest BCUT2D eigenvalue weighted by Gasteiger charge is -2.60. The van der Waals surface area contributed by atoms with Crippen molar-refractivity contribution in [1.29, 1.82) is 0 Å². The minimum absolute atomic E-state index is 0.530. The highest BCUT2D eigenvalue weighted by Crippen LogP contribution is 2.68. The van der Waals surface area contributed by atoms with E-state index in [1.54, 1.807) is 0 Å². The molecule has 0 bridgehead atoms. The van der Waals surface area contributed by atoms with Crippen molar-refractivity contribution >= 4 is 0 Å². The second kappa shape index (κ2) is 5.83. The number of hydrogen-bond acceptors (Lipinski definition) is 1. The Morgan fingerprint density at radius 2 is 1.76 bits per heavy atom. The van der Waals surface area contributed by atoms with Gasteiger partial charge < -0.3 is 0 Å². The molecule has 1 aromatic rings. The largest absolute Gasteiger partial charge is 0.264 e. The molecule has 5 rings (SSSR count). The van der Waals surface area contributed by atoms with Crippen molar-refractivity contribution in [3.8, 4) is 0 Å². The molecular formula is C24H35N. The molecule has 0 aromatic carbocycles. The first-order chi connectivity index (χ1) is 12.1. The number of pyridine rings is 1. The molecule has 1 aromatic heterocycles. The van der Waals surface area contributed by atoms with Crippen LogP contribution in [0.3, 0.4) is 0 Å². The van der Waals surface area contributed by atoms with E-state index in [-0.39, 0.29) is 0 Å². The van der Waals surface area contributed by atoms with Crippen LogP contribution in [0.5, 0.6) is 0 Å². The van der Waals surface area contributed by atoms with Crippen molar-refractivity contribution in [3.05, 3.63) is 30.1 Å². The van der Waals surface area contributed by atoms with E-state index in [0.29, 0.717) is 10.8 Å². The topological polar surface area (TPSA) is 12.9 Å². The third-order valence-electron chi connectivity index (χ3n) is 9.67. The Morgan fingerprint density at radius 1 is 0.880 bits per heavy atom. The van der Waals surface area contributed by atoms with Crippen LogP contribution in [-0.4, -0.2) is 4.98 Å². The van der Waals surface area contributed by atoms with E-state index >= 15 is 0 Å². The number of nitrogens with zero attached hydrogens (tertiary/aromatic N) is 1. The number of rotatable bonds is 1. The molecule has 25 heavy (non-hydrogen) atoms. The lowest BCUT2D eigenvalue weighted by atomic mass is 9.45. The standard InChI is InChI=1S/C24H35N/c1-23-13-4-3-7-18(23)8-9-19-21-11-10-20(17-6-5-15-25-16-17)24(21,2)14-12-22(19)23/h5-6,15-16,18-22H,3-4,7-14H2,1-2H3/t18?,19-,20?,21-,22-,23-,24+/m0/s1. The van der Waals surface area contributed by atoms with Gasteiger partial charge in [-0.25, -0.2) is 0 Å². The van der Waals surface area contributed by atoms with Gasteiger partial charge in [0.25, 0.3) is 0 Å². The van der Waals surface area contributed by atoms with E-state index in [9.17, 15) is 0 Å². The van der Waals surface area contributed by atoms with Crippen molar-refractivity contribution < 1.29 is 0 Å². The lowest BCUT2D eigenvalue weighted by molar-refractivity contribution is -0.105. The molecule has 0 amide bonds. The molecule has 0 N–H and O–H groups in total. The Kier molecular flexibility index (Phi) is 3.81. The van der Waals surface area contributed by atoms with E-state index < -0.39 is 0 Å². The first kappa shape index (κ1) is 16.3. The van der Waals surface area contributed by atoms with Gasteiger partial charge in [0.1, 0.15) is 0 Å². The van der Waals surface area contributed by atoms with E-state index in [2.05, 4.69) is 37.2 Å². The number of fused-ring (bicyclic) bond motifs is 5. The lowest BCUT2D eigenvalue weighted by Crippen LogP contribution is -2.52. The average molecular weight is 338 g/mol. The molecule has 4 fully saturated rings. The number of hydrogen-bond donors (Lipinski definition) is 0. The zero-order valence-electron chi connectivity index (χ0n) is 16.2. The third kappa shape index (κ3) is 2.30. The fraction of sp³-hybridized carbons (Fsp3) is 0.792. The molecule has 4 saturated carbocycles. The Morgan fingerprint density at radius 3 is 2.60 bits per heavy atom. The van der Waals surface area contributed by atoms with E-state index in [1.165, 1.54) is 69.8 Å². The smallest absolute Gasteiger partial charge is 0.0302 e. The summed E-state index contributed by atoms with van der Waals surface area (Å²) in [5.41, 5.74) is 2.72. The molecule has 7 atom stereocenters. The summed E-state index contributed by atoms with van der Waals surface area (Å²) in [6.07, 6.45) is 19.0. The molecule has 2 unspecified atom stereocenters. The Hall–Kier alpha value is -0.850. The molecule has 0 spiro atoms. The summed E-state index contributed by atoms with van der Waals surface area (Å²) in [4.78, 5) is 4.44. The summed E-state index contributed by atoms with van der Waals surface area (Å²) in [5.74, 6) is 4.81. The minimum Gasteiger partial charge on any atom is -0.264 e. The molecule has 0 saturated heterocycles. The van der Waals surface area contributed by atoms with Crippen molar-refractivity contribution in [2.45, 2.75) is 84.0 Å². The zero-order valence-corrected chi connectivity index (χ0v) is 16.2. The van der Waals surface area contributed by atoms with Gasteiger partial charge in [-0.2, -0.15) is 0 Å². The normalized spacial score (nSPS) is 49.1. The molecular weight excluding hydrogens is 302 g/mol. The maximum absolute atomic E-state index is 4.44. The van der Waals surface area contributed by atoms with Crippen LogP contribution in [0.2, 0.25) is 0 Å². The summed E-state index contributed by atoms with van der Waals surface area (Å²) >= 11 is 0. The van der Waals surface area contributed by atoms with Gasteiger partial charge in [-0.3, -0.25) is 4.98 Å². The highest BCUT2D eigenvalue weighted by Gasteiger charge is 2.59. The van der Waals surface area contributed by atoms with Crippen LogP contribution in [0.25, 0.3) is 0 Å². The SMILES string of the molecule is C[C@]12CCCCC1CC[C@@H]1[C@@H]2CC[C@]2(C)C(c3cccnc3)CC[C@@H]12. The van der Waals surface area contributed by atoms with Crippen molar-refractivity contribution in [2.24, 2.45) is 34.5 Å². The van der Waals surface area contributed by atoms with Gasteiger partial charge >= 0.3 is 0 Å². The molecule has 0 radical (unpaired) electrons. The Balaban J connectivity index is 1.45. The van der Waals surface area contributed by atoms with Crippen LogP contribution in [0.15, 0.2) is 24.5 Å². The van der Waals surface area contributed by atoms with Gasteiger partial charge in [0, 0.05) is 12.4 Å². The van der Waals surface area contributed by atoms with Gasteiger partial charge in [-0.1, -0.05) is 32.8 Å². The first-order valence-electron chi connectivity index (χ1n) is 11.0. The number of aromatic nitrogens is 1. The van der Waals surface area contributed by atoms with Gasteiger partial charge in [-0.05, 0) is 103 Å². The minimum atomic E-state index is 0.530. The Bertz CT molecular complexity index is 624. The van der Waals surface area contributed by atoms with Crippen LogP contribution in [0, 0.1) is 34.5 Å². The predicted octanol–water partition coefficient (Wildman–Crippen LogP) is 6.60. The monoisotopic (exact) mass is 337 g/mol. The highest BCUT2D eigenvalue weighted by molar-refractivity contribution is 5.23. The van der Waals surface area contributed by atoms with Crippen LogP contribution in [0.4, 0.5) is 0 Å². The summed E-state index contributed by atoms with van der Waals surface area (Å²) in [6.45, 7) is 5.34. The zero-order chi connectivity index (χ0) is 17.1. The summed E-state index contributed by atoms with van der Waals surface area (Å²) in [5, 5.41) is 0. The van der Waals surface area contributed by atoms with E-state index in [4.69, 9.17) is 0 Å². The highest BCUT2D eigenvalue weighted by atomic mass is 14.7. The van der Waals surface area contributed by atoms with E-state index in [0.717, 1.165) is 29.6 Å². The third-order valence-corrected chi connectivity index (χ3v) is 9.67. The van der Waals surface area contributed by atoms with Gasteiger partial charge in [-0.15, -0.1) is 0 Å². The second-order valence-corrected chi connectivity index (χ2v) is 10.4. The fourth-order valence-corrected chi connectivity index (χ4v) is 8.42. The maximum atomic E-state index is 4.44. The molecule has 4 aliphatic rings. The quantitative estimate of drug-likeness (QED) is 0.562. The predicted molar refractivity (Wildman–Crippen MR) is 103 cm³/mol. The Labute approximate surface area is 154 Å². The molecule has 4 aliphatic carbocycles. The summed E-state index contributed by atoms with van der Waals surface area (Å²) in [6, 6.07) is 4.49. The molecule has 136 valence electrons. The van der Waals surface area contributed by atoms with Crippen molar-refractivity contribution in [1.82, 2.24) is 4.98 Å². The van der Waals surface area contributed by atoms with Crippen LogP contribution in [-0.2, 0) is 0 Å². The van der Waals surface area contributed by atoms with E-state index in [1.807, 2.05) is 6.20 Å². The van der Waals surface area contributed by atoms with Crippen molar-refractivity contribution in [2.75, 3.05) is 0 Å².